The second kappa shape index (κ2) is 6.53. The van der Waals surface area contributed by atoms with E-state index in [0.717, 1.165) is 6.92 Å². The van der Waals surface area contributed by atoms with Crippen LogP contribution >= 0.6 is 0 Å². The van der Waals surface area contributed by atoms with Gasteiger partial charge in [0.25, 0.3) is 0 Å². The highest BCUT2D eigenvalue weighted by molar-refractivity contribution is 5.82. The lowest BCUT2D eigenvalue weighted by Gasteiger charge is -2.17. The Kier molecular flexibility index (Phi) is 5.05. The number of rotatable bonds is 5. The second-order valence-electron chi connectivity index (χ2n) is 3.82. The fourth-order valence-corrected chi connectivity index (χ4v) is 1.40. The van der Waals surface area contributed by atoms with Crippen LogP contribution in [0.3, 0.4) is 0 Å². The van der Waals surface area contributed by atoms with Gasteiger partial charge in [0.1, 0.15) is 0 Å². The number of carboxylic acid groups (broad SMARTS) is 1. The SMILES string of the molecule is CC(=O)O[C@@H](C)C(=O)O[C@H](C(=O)O)c1ccccc1. The third-order valence-electron chi connectivity index (χ3n) is 2.24. The van der Waals surface area contributed by atoms with Gasteiger partial charge in [-0.05, 0) is 6.92 Å². The van der Waals surface area contributed by atoms with E-state index in [0.29, 0.717) is 5.56 Å². The van der Waals surface area contributed by atoms with Crippen LogP contribution in [0.15, 0.2) is 30.3 Å². The number of hydrogen-bond donors (Lipinski definition) is 1. The summed E-state index contributed by atoms with van der Waals surface area (Å²) in [4.78, 5) is 33.4. The van der Waals surface area contributed by atoms with Crippen molar-refractivity contribution in [3.05, 3.63) is 35.9 Å². The molecule has 19 heavy (non-hydrogen) atoms. The van der Waals surface area contributed by atoms with Gasteiger partial charge in [-0.1, -0.05) is 30.3 Å². The minimum atomic E-state index is -1.42. The van der Waals surface area contributed by atoms with Gasteiger partial charge in [0.15, 0.2) is 6.10 Å². The first kappa shape index (κ1) is 14.7. The minimum Gasteiger partial charge on any atom is -0.478 e. The van der Waals surface area contributed by atoms with E-state index in [1.807, 2.05) is 0 Å². The largest absolute Gasteiger partial charge is 0.478 e. The normalized spacial score (nSPS) is 13.2. The van der Waals surface area contributed by atoms with Gasteiger partial charge in [0.2, 0.25) is 6.10 Å². The summed E-state index contributed by atoms with van der Waals surface area (Å²) in [6, 6.07) is 8.04. The molecule has 1 aromatic rings. The van der Waals surface area contributed by atoms with E-state index in [1.54, 1.807) is 18.2 Å². The maximum absolute atomic E-state index is 11.6. The first-order chi connectivity index (χ1) is 8.91. The van der Waals surface area contributed by atoms with Crippen LogP contribution in [0.5, 0.6) is 0 Å². The third kappa shape index (κ3) is 4.42. The van der Waals surface area contributed by atoms with Gasteiger partial charge in [0, 0.05) is 12.5 Å². The van der Waals surface area contributed by atoms with E-state index in [2.05, 4.69) is 4.74 Å². The number of benzene rings is 1. The van der Waals surface area contributed by atoms with Crippen LogP contribution in [0.4, 0.5) is 0 Å². The highest BCUT2D eigenvalue weighted by Gasteiger charge is 2.27. The van der Waals surface area contributed by atoms with Crippen LogP contribution in [0.2, 0.25) is 0 Å². The molecule has 0 aliphatic heterocycles. The van der Waals surface area contributed by atoms with E-state index in [4.69, 9.17) is 9.84 Å². The number of ether oxygens (including phenoxy) is 2. The predicted molar refractivity (Wildman–Crippen MR) is 64.1 cm³/mol. The molecule has 0 fully saturated rings. The topological polar surface area (TPSA) is 89.9 Å². The third-order valence-corrected chi connectivity index (χ3v) is 2.24. The van der Waals surface area contributed by atoms with Crippen LogP contribution in [0, 0.1) is 0 Å². The van der Waals surface area contributed by atoms with Crippen molar-refractivity contribution >= 4 is 17.9 Å². The standard InChI is InChI=1S/C13H14O6/c1-8(18-9(2)14)13(17)19-11(12(15)16)10-6-4-3-5-7-10/h3-8,11H,1-2H3,(H,15,16)/t8-,11-/m0/s1. The Morgan fingerprint density at radius 1 is 1.11 bits per heavy atom. The van der Waals surface area contributed by atoms with Crippen molar-refractivity contribution < 1.29 is 29.0 Å². The van der Waals surface area contributed by atoms with Crippen molar-refractivity contribution in [1.82, 2.24) is 0 Å². The van der Waals surface area contributed by atoms with Gasteiger partial charge >= 0.3 is 17.9 Å². The molecule has 0 aliphatic rings. The zero-order valence-corrected chi connectivity index (χ0v) is 10.5. The van der Waals surface area contributed by atoms with Crippen LogP contribution < -0.4 is 0 Å². The quantitative estimate of drug-likeness (QED) is 0.808. The molecular weight excluding hydrogens is 252 g/mol. The van der Waals surface area contributed by atoms with Crippen molar-refractivity contribution in [2.45, 2.75) is 26.1 Å². The average Bonchev–Trinajstić information content (AvgIpc) is 2.35. The molecule has 0 bridgehead atoms. The number of carboxylic acids is 1. The summed E-state index contributed by atoms with van der Waals surface area (Å²) in [6.07, 6.45) is -2.57. The predicted octanol–water partition coefficient (Wildman–Crippen LogP) is 1.31. The Morgan fingerprint density at radius 2 is 1.68 bits per heavy atom. The monoisotopic (exact) mass is 266 g/mol. The lowest BCUT2D eigenvalue weighted by Crippen LogP contribution is -2.29. The summed E-state index contributed by atoms with van der Waals surface area (Å²) in [6.45, 7) is 2.46. The number of carbonyl (C=O) groups excluding carboxylic acids is 2. The zero-order chi connectivity index (χ0) is 14.4. The van der Waals surface area contributed by atoms with E-state index in [-0.39, 0.29) is 0 Å². The highest BCUT2D eigenvalue weighted by Crippen LogP contribution is 2.18. The molecule has 0 aromatic heterocycles. The molecule has 0 spiro atoms. The van der Waals surface area contributed by atoms with E-state index < -0.39 is 30.1 Å². The molecule has 102 valence electrons. The molecule has 0 heterocycles. The highest BCUT2D eigenvalue weighted by atomic mass is 16.6. The second-order valence-corrected chi connectivity index (χ2v) is 3.82. The molecule has 0 unspecified atom stereocenters. The van der Waals surface area contributed by atoms with Crippen molar-refractivity contribution in [1.29, 1.82) is 0 Å². The Balaban J connectivity index is 2.78. The average molecular weight is 266 g/mol. The minimum absolute atomic E-state index is 0.332. The number of carbonyl (C=O) groups is 3. The zero-order valence-electron chi connectivity index (χ0n) is 10.5. The Hall–Kier alpha value is -2.37. The van der Waals surface area contributed by atoms with Gasteiger partial charge in [0.05, 0.1) is 0 Å². The maximum atomic E-state index is 11.6. The summed E-state index contributed by atoms with van der Waals surface area (Å²) >= 11 is 0. The van der Waals surface area contributed by atoms with Gasteiger partial charge < -0.3 is 14.6 Å². The summed E-state index contributed by atoms with van der Waals surface area (Å²) in [5.41, 5.74) is 0.332. The van der Waals surface area contributed by atoms with E-state index >= 15 is 0 Å². The van der Waals surface area contributed by atoms with Crippen LogP contribution in [0.1, 0.15) is 25.5 Å². The molecule has 0 saturated heterocycles. The fourth-order valence-electron chi connectivity index (χ4n) is 1.40. The molecule has 1 rings (SSSR count). The number of aliphatic carboxylic acids is 1. The summed E-state index contributed by atoms with van der Waals surface area (Å²) < 4.78 is 9.47. The Labute approximate surface area is 109 Å². The maximum Gasteiger partial charge on any atom is 0.349 e. The molecule has 0 radical (unpaired) electrons. The molecule has 0 aliphatic carbocycles. The summed E-state index contributed by atoms with van der Waals surface area (Å²) in [5.74, 6) is -2.85. The lowest BCUT2D eigenvalue weighted by molar-refractivity contribution is -0.175. The van der Waals surface area contributed by atoms with E-state index in [1.165, 1.54) is 19.1 Å². The van der Waals surface area contributed by atoms with Gasteiger partial charge in [-0.15, -0.1) is 0 Å². The molecule has 1 N–H and O–H groups in total. The molecule has 2 atom stereocenters. The van der Waals surface area contributed by atoms with Crippen molar-refractivity contribution in [2.24, 2.45) is 0 Å². The van der Waals surface area contributed by atoms with Crippen LogP contribution in [0.25, 0.3) is 0 Å². The molecule has 1 aromatic carbocycles. The molecule has 6 nitrogen and oxygen atoms in total. The van der Waals surface area contributed by atoms with Crippen molar-refractivity contribution in [2.75, 3.05) is 0 Å². The number of hydrogen-bond acceptors (Lipinski definition) is 5. The molecular formula is C13H14O6. The molecule has 0 saturated carbocycles. The molecule has 0 amide bonds. The lowest BCUT2D eigenvalue weighted by atomic mass is 10.1. The summed E-state index contributed by atoms with van der Waals surface area (Å²) in [5, 5.41) is 9.05. The van der Waals surface area contributed by atoms with Crippen molar-refractivity contribution in [3.8, 4) is 0 Å². The smallest absolute Gasteiger partial charge is 0.349 e. The van der Waals surface area contributed by atoms with Gasteiger partial charge in [-0.25, -0.2) is 9.59 Å². The fraction of sp³-hybridized carbons (Fsp3) is 0.308. The van der Waals surface area contributed by atoms with Gasteiger partial charge in [-0.3, -0.25) is 4.79 Å². The Bertz CT molecular complexity index is 467. The summed E-state index contributed by atoms with van der Waals surface area (Å²) in [7, 11) is 0. The van der Waals surface area contributed by atoms with Crippen molar-refractivity contribution in [3.63, 3.8) is 0 Å². The first-order valence-corrected chi connectivity index (χ1v) is 5.57. The van der Waals surface area contributed by atoms with Crippen LogP contribution in [-0.2, 0) is 23.9 Å². The number of esters is 2. The van der Waals surface area contributed by atoms with Crippen LogP contribution in [-0.4, -0.2) is 29.1 Å². The Morgan fingerprint density at radius 3 is 2.16 bits per heavy atom. The van der Waals surface area contributed by atoms with Gasteiger partial charge in [-0.2, -0.15) is 0 Å². The van der Waals surface area contributed by atoms with E-state index in [9.17, 15) is 14.4 Å². The first-order valence-electron chi connectivity index (χ1n) is 5.57. The molecule has 6 heteroatoms.